The molecule has 0 N–H and O–H groups in total. The molecule has 0 saturated carbocycles. The van der Waals surface area contributed by atoms with E-state index in [1.165, 1.54) is 0 Å². The van der Waals surface area contributed by atoms with E-state index < -0.39 is 0 Å². The second kappa shape index (κ2) is 7.69. The van der Waals surface area contributed by atoms with Crippen LogP contribution in [-0.2, 0) is 26.2 Å². The number of rotatable bonds is 0. The van der Waals surface area contributed by atoms with Crippen molar-refractivity contribution in [3.05, 3.63) is 60.7 Å². The van der Waals surface area contributed by atoms with E-state index in [1.807, 2.05) is 60.7 Å². The molecule has 11 heavy (non-hydrogen) atoms. The van der Waals surface area contributed by atoms with Crippen LogP contribution in [0.1, 0.15) is 5.71 Å². The Kier molecular flexibility index (Phi) is 7.40. The predicted octanol–water partition coefficient (Wildman–Crippen LogP) is 3.26. The Balaban J connectivity index is -0.0000000333. The van der Waals surface area contributed by atoms with E-state index in [1.54, 1.807) is 0 Å². The zero-order valence-electron chi connectivity index (χ0n) is 10.3. The van der Waals surface area contributed by atoms with Crippen molar-refractivity contribution in [3.8, 4) is 0 Å². The van der Waals surface area contributed by atoms with Gasteiger partial charge in [-0.3, -0.25) is 0 Å². The Morgan fingerprint density at radius 2 is 0.909 bits per heavy atom. The van der Waals surface area contributed by atoms with Gasteiger partial charge in [0.1, 0.15) is 0 Å². The molecule has 60 valence electrons. The summed E-state index contributed by atoms with van der Waals surface area (Å²) in [5.41, 5.74) is 0. The van der Waals surface area contributed by atoms with Gasteiger partial charge in [-0.05, 0) is 0 Å². The van der Waals surface area contributed by atoms with Gasteiger partial charge in [0.25, 0.3) is 0 Å². The summed E-state index contributed by atoms with van der Waals surface area (Å²) in [6, 6.07) is 20.0. The van der Waals surface area contributed by atoms with Gasteiger partial charge in [0.15, 0.2) is 0 Å². The first-order chi connectivity index (χ1) is 5.00. The smallest absolute Gasteiger partial charge is 1.00 e. The van der Waals surface area contributed by atoms with Gasteiger partial charge in [0, 0.05) is 0 Å². The summed E-state index contributed by atoms with van der Waals surface area (Å²) < 4.78 is 0. The molecule has 0 aliphatic rings. The second-order valence-electron chi connectivity index (χ2n) is 1.92. The van der Waals surface area contributed by atoms with E-state index in [0.29, 0.717) is 0 Å². The van der Waals surface area contributed by atoms with Crippen LogP contribution in [0.15, 0.2) is 60.7 Å². The van der Waals surface area contributed by atoms with Crippen molar-refractivity contribution in [2.45, 2.75) is 0 Å². The standard InChI is InChI=1S/2C5H5.Zr.4H/c2*1-2-4-5-3-1;;;;;/h2*1-5H;;;;;/q2*-1;+4;4*-1. The van der Waals surface area contributed by atoms with Gasteiger partial charge in [0.05, 0.1) is 0 Å². The summed E-state index contributed by atoms with van der Waals surface area (Å²) in [5.74, 6) is 0. The van der Waals surface area contributed by atoms with Crippen LogP contribution in [0.5, 0.6) is 0 Å². The Bertz CT molecular complexity index is 157. The minimum Gasteiger partial charge on any atom is -1.00 e. The van der Waals surface area contributed by atoms with E-state index in [0.717, 1.165) is 0 Å². The zero-order valence-corrected chi connectivity index (χ0v) is 8.73. The van der Waals surface area contributed by atoms with Gasteiger partial charge in [-0.2, -0.15) is 36.4 Å². The van der Waals surface area contributed by atoms with E-state index in [-0.39, 0.29) is 31.9 Å². The SMILES string of the molecule is [H-].[H-].[H-].[H-].[Zr+4].c1cc[cH-]c1.c1cc[cH-]c1. The Morgan fingerprint density at radius 1 is 0.636 bits per heavy atom. The van der Waals surface area contributed by atoms with Crippen LogP contribution < -0.4 is 0 Å². The molecule has 0 fully saturated rings. The fourth-order valence-electron chi connectivity index (χ4n) is 0.642. The Hall–Kier alpha value is -0.417. The predicted molar refractivity (Wildman–Crippen MR) is 48.5 cm³/mol. The maximum atomic E-state index is 2.00. The number of hydrogen-bond donors (Lipinski definition) is 0. The van der Waals surface area contributed by atoms with Crippen molar-refractivity contribution in [2.75, 3.05) is 0 Å². The molecule has 2 aromatic rings. The summed E-state index contributed by atoms with van der Waals surface area (Å²) in [6.07, 6.45) is 0. The third kappa shape index (κ3) is 6.00. The van der Waals surface area contributed by atoms with Crippen molar-refractivity contribution in [3.63, 3.8) is 0 Å². The van der Waals surface area contributed by atoms with E-state index >= 15 is 0 Å². The Labute approximate surface area is 92.7 Å². The van der Waals surface area contributed by atoms with Gasteiger partial charge in [-0.25, -0.2) is 24.3 Å². The summed E-state index contributed by atoms with van der Waals surface area (Å²) in [6.45, 7) is 0. The van der Waals surface area contributed by atoms with Crippen LogP contribution in [0.4, 0.5) is 0 Å². The van der Waals surface area contributed by atoms with Crippen LogP contribution in [0.25, 0.3) is 0 Å². The molecule has 0 bridgehead atoms. The normalized spacial score (nSPS) is 7.27. The first kappa shape index (κ1) is 10.6. The summed E-state index contributed by atoms with van der Waals surface area (Å²) in [4.78, 5) is 0. The third-order valence-electron chi connectivity index (χ3n) is 1.11. The second-order valence-corrected chi connectivity index (χ2v) is 1.92. The molecule has 0 aliphatic heterocycles. The first-order valence-electron chi connectivity index (χ1n) is 3.33. The summed E-state index contributed by atoms with van der Waals surface area (Å²) >= 11 is 0. The molecule has 0 saturated heterocycles. The first-order valence-corrected chi connectivity index (χ1v) is 3.33. The van der Waals surface area contributed by atoms with E-state index in [9.17, 15) is 0 Å². The van der Waals surface area contributed by atoms with Gasteiger partial charge in [0.2, 0.25) is 0 Å². The molecule has 0 amide bonds. The zero-order chi connectivity index (χ0) is 7.07. The van der Waals surface area contributed by atoms with Crippen LogP contribution in [0, 0.1) is 0 Å². The third-order valence-corrected chi connectivity index (χ3v) is 1.11. The van der Waals surface area contributed by atoms with Crippen molar-refractivity contribution in [2.24, 2.45) is 0 Å². The molecule has 0 heterocycles. The van der Waals surface area contributed by atoms with E-state index in [2.05, 4.69) is 0 Å². The van der Waals surface area contributed by atoms with Crippen molar-refractivity contribution < 1.29 is 31.9 Å². The summed E-state index contributed by atoms with van der Waals surface area (Å²) in [5, 5.41) is 0. The maximum absolute atomic E-state index is 2.00. The minimum absolute atomic E-state index is 0. The largest absolute Gasteiger partial charge is 4.00 e. The maximum Gasteiger partial charge on any atom is 4.00 e. The molecule has 0 aliphatic carbocycles. The molecule has 0 spiro atoms. The topological polar surface area (TPSA) is 0 Å². The molecular formula is C10H14Zr-2. The van der Waals surface area contributed by atoms with Gasteiger partial charge in [-0.15, -0.1) is 0 Å². The molecular weight excluding hydrogens is 211 g/mol. The van der Waals surface area contributed by atoms with E-state index in [4.69, 9.17) is 0 Å². The fourth-order valence-corrected chi connectivity index (χ4v) is 0.642. The van der Waals surface area contributed by atoms with Crippen molar-refractivity contribution in [1.82, 2.24) is 0 Å². The fraction of sp³-hybridized carbons (Fsp3) is 0. The van der Waals surface area contributed by atoms with Crippen molar-refractivity contribution in [1.29, 1.82) is 0 Å². The van der Waals surface area contributed by atoms with Crippen LogP contribution in [0.3, 0.4) is 0 Å². The molecule has 1 heteroatoms. The monoisotopic (exact) mass is 224 g/mol. The van der Waals surface area contributed by atoms with Gasteiger partial charge < -0.3 is 5.71 Å². The average molecular weight is 225 g/mol. The van der Waals surface area contributed by atoms with Crippen LogP contribution in [0.2, 0.25) is 0 Å². The molecule has 0 radical (unpaired) electrons. The molecule has 0 unspecified atom stereocenters. The minimum atomic E-state index is 0. The Morgan fingerprint density at radius 3 is 1.00 bits per heavy atom. The summed E-state index contributed by atoms with van der Waals surface area (Å²) in [7, 11) is 0. The van der Waals surface area contributed by atoms with Gasteiger partial charge >= 0.3 is 26.2 Å². The molecule has 0 aromatic heterocycles. The van der Waals surface area contributed by atoms with Crippen molar-refractivity contribution >= 4 is 0 Å². The number of hydrogen-bond acceptors (Lipinski definition) is 0. The molecule has 2 rings (SSSR count). The molecule has 0 atom stereocenters. The average Bonchev–Trinajstić information content (AvgIpc) is 2.67. The van der Waals surface area contributed by atoms with Crippen LogP contribution >= 0.6 is 0 Å². The molecule has 2 aromatic carbocycles. The quantitative estimate of drug-likeness (QED) is 0.604. The van der Waals surface area contributed by atoms with Gasteiger partial charge in [-0.1, -0.05) is 0 Å². The molecule has 0 nitrogen and oxygen atoms in total. The van der Waals surface area contributed by atoms with Crippen LogP contribution in [-0.4, -0.2) is 0 Å².